The zero-order valence-corrected chi connectivity index (χ0v) is 12.4. The monoisotopic (exact) mass is 305 g/mol. The molecular formula is C18H15N3O2. The number of carbonyl (C=O) groups excluding carboxylic acids is 2. The van der Waals surface area contributed by atoms with Gasteiger partial charge in [0.05, 0.1) is 30.3 Å². The largest absolute Gasteiger partial charge is 0.317 e. The van der Waals surface area contributed by atoms with Gasteiger partial charge in [-0.3, -0.25) is 14.5 Å². The molecule has 23 heavy (non-hydrogen) atoms. The van der Waals surface area contributed by atoms with Crippen molar-refractivity contribution in [3.8, 4) is 0 Å². The lowest BCUT2D eigenvalue weighted by molar-refractivity contribution is -0.139. The Balaban J connectivity index is 1.65. The summed E-state index contributed by atoms with van der Waals surface area (Å²) in [7, 11) is 0. The number of imide groups is 1. The van der Waals surface area contributed by atoms with E-state index < -0.39 is 6.04 Å². The zero-order chi connectivity index (χ0) is 15.8. The molecule has 3 aromatic rings. The van der Waals surface area contributed by atoms with E-state index in [9.17, 15) is 9.59 Å². The third kappa shape index (κ3) is 2.30. The number of amides is 2. The van der Waals surface area contributed by atoms with E-state index in [1.165, 1.54) is 4.90 Å². The van der Waals surface area contributed by atoms with Gasteiger partial charge in [0, 0.05) is 0 Å². The van der Waals surface area contributed by atoms with Crippen LogP contribution in [0.4, 0.5) is 0 Å². The topological polar surface area (TPSA) is 55.2 Å². The van der Waals surface area contributed by atoms with Gasteiger partial charge in [-0.1, -0.05) is 42.5 Å². The summed E-state index contributed by atoms with van der Waals surface area (Å²) in [6.07, 6.45) is 1.83. The van der Waals surface area contributed by atoms with Crippen LogP contribution < -0.4 is 0 Å². The summed E-state index contributed by atoms with van der Waals surface area (Å²) in [6.45, 7) is 0.321. The molecule has 5 heteroatoms. The van der Waals surface area contributed by atoms with Gasteiger partial charge in [0.15, 0.2) is 0 Å². The molecule has 2 amide bonds. The first-order chi connectivity index (χ1) is 11.2. The minimum Gasteiger partial charge on any atom is -0.317 e. The minimum atomic E-state index is -0.501. The smallest absolute Gasteiger partial charge is 0.253 e. The highest BCUT2D eigenvalue weighted by Crippen LogP contribution is 2.29. The number of benzene rings is 2. The number of imidazole rings is 1. The van der Waals surface area contributed by atoms with E-state index >= 15 is 0 Å². The van der Waals surface area contributed by atoms with E-state index in [2.05, 4.69) is 4.98 Å². The summed E-state index contributed by atoms with van der Waals surface area (Å²) in [5.74, 6) is -0.302. The van der Waals surface area contributed by atoms with Crippen molar-refractivity contribution in [2.24, 2.45) is 0 Å². The van der Waals surface area contributed by atoms with Crippen molar-refractivity contribution in [2.75, 3.05) is 0 Å². The Kier molecular flexibility index (Phi) is 3.19. The molecule has 0 bridgehead atoms. The van der Waals surface area contributed by atoms with Gasteiger partial charge < -0.3 is 4.57 Å². The Morgan fingerprint density at radius 1 is 1.00 bits per heavy atom. The molecule has 1 fully saturated rings. The molecule has 0 N–H and O–H groups in total. The second kappa shape index (κ2) is 5.35. The van der Waals surface area contributed by atoms with Gasteiger partial charge in [-0.25, -0.2) is 4.98 Å². The maximum absolute atomic E-state index is 12.7. The first kappa shape index (κ1) is 13.7. The van der Waals surface area contributed by atoms with E-state index in [-0.39, 0.29) is 18.2 Å². The Morgan fingerprint density at radius 2 is 1.74 bits per heavy atom. The molecule has 1 aliphatic heterocycles. The minimum absolute atomic E-state index is 0.137. The standard InChI is InChI=1S/C18H15N3O2/c22-17-10-16(21-12-19-14-8-4-5-9-15(14)21)18(23)20(17)11-13-6-2-1-3-7-13/h1-9,12,16H,10-11H2. The highest BCUT2D eigenvalue weighted by Gasteiger charge is 2.40. The molecule has 1 aliphatic rings. The first-order valence-electron chi connectivity index (χ1n) is 7.54. The fraction of sp³-hybridized carbons (Fsp3) is 0.167. The molecule has 4 rings (SSSR count). The van der Waals surface area contributed by atoms with E-state index in [1.807, 2.05) is 54.6 Å². The number of aromatic nitrogens is 2. The number of fused-ring (bicyclic) bond motifs is 1. The number of hydrogen-bond donors (Lipinski definition) is 0. The lowest BCUT2D eigenvalue weighted by atomic mass is 10.2. The predicted molar refractivity (Wildman–Crippen MR) is 85.4 cm³/mol. The second-order valence-electron chi connectivity index (χ2n) is 5.66. The summed E-state index contributed by atoms with van der Waals surface area (Å²) in [5, 5.41) is 0. The Morgan fingerprint density at radius 3 is 2.57 bits per heavy atom. The van der Waals surface area contributed by atoms with Crippen LogP contribution in [0.15, 0.2) is 60.9 Å². The van der Waals surface area contributed by atoms with Crippen LogP contribution in [0, 0.1) is 0 Å². The predicted octanol–water partition coefficient (Wildman–Crippen LogP) is 2.54. The van der Waals surface area contributed by atoms with Crippen molar-refractivity contribution >= 4 is 22.8 Å². The number of carbonyl (C=O) groups is 2. The van der Waals surface area contributed by atoms with Crippen LogP contribution in [-0.4, -0.2) is 26.3 Å². The Hall–Kier alpha value is -2.95. The van der Waals surface area contributed by atoms with E-state index in [0.717, 1.165) is 16.6 Å². The quantitative estimate of drug-likeness (QED) is 0.699. The van der Waals surface area contributed by atoms with E-state index in [0.29, 0.717) is 6.54 Å². The third-order valence-corrected chi connectivity index (χ3v) is 4.22. The number of likely N-dealkylation sites (tertiary alicyclic amines) is 1. The van der Waals surface area contributed by atoms with Gasteiger partial charge in [-0.15, -0.1) is 0 Å². The van der Waals surface area contributed by atoms with Crippen molar-refractivity contribution in [1.29, 1.82) is 0 Å². The molecule has 2 aromatic carbocycles. The molecule has 2 heterocycles. The van der Waals surface area contributed by atoms with Crippen molar-refractivity contribution in [1.82, 2.24) is 14.5 Å². The molecule has 1 atom stereocenters. The maximum Gasteiger partial charge on any atom is 0.253 e. The SMILES string of the molecule is O=C1CC(n2cnc3ccccc32)C(=O)N1Cc1ccccc1. The Bertz CT molecular complexity index is 885. The molecule has 0 radical (unpaired) electrons. The summed E-state index contributed by atoms with van der Waals surface area (Å²) < 4.78 is 1.81. The molecule has 1 unspecified atom stereocenters. The van der Waals surface area contributed by atoms with Gasteiger partial charge in [0.2, 0.25) is 5.91 Å². The highest BCUT2D eigenvalue weighted by molar-refractivity contribution is 6.05. The maximum atomic E-state index is 12.7. The number of rotatable bonds is 3. The summed E-state index contributed by atoms with van der Waals surface area (Å²) in [4.78, 5) is 30.7. The van der Waals surface area contributed by atoms with Crippen LogP contribution in [0.1, 0.15) is 18.0 Å². The van der Waals surface area contributed by atoms with Gasteiger partial charge >= 0.3 is 0 Å². The van der Waals surface area contributed by atoms with Crippen LogP contribution >= 0.6 is 0 Å². The number of para-hydroxylation sites is 2. The molecule has 1 saturated heterocycles. The van der Waals surface area contributed by atoms with Crippen molar-refractivity contribution in [2.45, 2.75) is 19.0 Å². The average molecular weight is 305 g/mol. The van der Waals surface area contributed by atoms with Crippen molar-refractivity contribution in [3.63, 3.8) is 0 Å². The van der Waals surface area contributed by atoms with Crippen LogP contribution in [0.25, 0.3) is 11.0 Å². The second-order valence-corrected chi connectivity index (χ2v) is 5.66. The van der Waals surface area contributed by atoms with Crippen LogP contribution in [0.5, 0.6) is 0 Å². The first-order valence-corrected chi connectivity index (χ1v) is 7.54. The average Bonchev–Trinajstić information content (AvgIpc) is 3.12. The van der Waals surface area contributed by atoms with Gasteiger partial charge in [-0.2, -0.15) is 0 Å². The number of nitrogens with zero attached hydrogens (tertiary/aromatic N) is 3. The van der Waals surface area contributed by atoms with Crippen LogP contribution in [-0.2, 0) is 16.1 Å². The van der Waals surface area contributed by atoms with Crippen molar-refractivity contribution < 1.29 is 9.59 Å². The highest BCUT2D eigenvalue weighted by atomic mass is 16.2. The van der Waals surface area contributed by atoms with E-state index in [4.69, 9.17) is 0 Å². The summed E-state index contributed by atoms with van der Waals surface area (Å²) >= 11 is 0. The molecule has 0 aliphatic carbocycles. The molecule has 5 nitrogen and oxygen atoms in total. The summed E-state index contributed by atoms with van der Waals surface area (Å²) in [5.41, 5.74) is 2.65. The van der Waals surface area contributed by atoms with Crippen molar-refractivity contribution in [3.05, 3.63) is 66.5 Å². The molecular weight excluding hydrogens is 290 g/mol. The van der Waals surface area contributed by atoms with Crippen LogP contribution in [0.3, 0.4) is 0 Å². The lowest BCUT2D eigenvalue weighted by Crippen LogP contribution is -2.30. The normalized spacial score (nSPS) is 18.1. The van der Waals surface area contributed by atoms with E-state index in [1.54, 1.807) is 10.9 Å². The van der Waals surface area contributed by atoms with Crippen LogP contribution in [0.2, 0.25) is 0 Å². The third-order valence-electron chi connectivity index (χ3n) is 4.22. The lowest BCUT2D eigenvalue weighted by Gasteiger charge is -2.15. The molecule has 114 valence electrons. The molecule has 0 saturated carbocycles. The fourth-order valence-electron chi connectivity index (χ4n) is 3.04. The fourth-order valence-corrected chi connectivity index (χ4v) is 3.04. The Labute approximate surface area is 133 Å². The zero-order valence-electron chi connectivity index (χ0n) is 12.4. The number of hydrogen-bond acceptors (Lipinski definition) is 3. The van der Waals surface area contributed by atoms with Gasteiger partial charge in [0.1, 0.15) is 6.04 Å². The summed E-state index contributed by atoms with van der Waals surface area (Å²) in [6, 6.07) is 16.7. The molecule has 0 spiro atoms. The molecule has 1 aromatic heterocycles. The van der Waals surface area contributed by atoms with Gasteiger partial charge in [-0.05, 0) is 17.7 Å². The van der Waals surface area contributed by atoms with Gasteiger partial charge in [0.25, 0.3) is 5.91 Å².